The fourth-order valence-electron chi connectivity index (χ4n) is 2.06. The third kappa shape index (κ3) is 2.84. The highest BCUT2D eigenvalue weighted by molar-refractivity contribution is 7.91. The second-order valence-electron chi connectivity index (χ2n) is 4.36. The van der Waals surface area contributed by atoms with Gasteiger partial charge in [0.05, 0.1) is 12.0 Å². The van der Waals surface area contributed by atoms with E-state index in [1.165, 1.54) is 0 Å². The van der Waals surface area contributed by atoms with E-state index in [9.17, 15) is 8.42 Å². The lowest BCUT2D eigenvalue weighted by Crippen LogP contribution is -2.22. The van der Waals surface area contributed by atoms with E-state index in [0.717, 1.165) is 0 Å². The number of benzene rings is 2. The van der Waals surface area contributed by atoms with Gasteiger partial charge in [0.15, 0.2) is 9.84 Å². The van der Waals surface area contributed by atoms with Crippen LogP contribution in [0.3, 0.4) is 0 Å². The lowest BCUT2D eigenvalue weighted by Gasteiger charge is -2.17. The first-order valence-corrected chi connectivity index (χ1v) is 7.77. The quantitative estimate of drug-likeness (QED) is 0.916. The van der Waals surface area contributed by atoms with Crippen molar-refractivity contribution < 1.29 is 13.2 Å². The van der Waals surface area contributed by atoms with Crippen LogP contribution in [0.1, 0.15) is 10.8 Å². The van der Waals surface area contributed by atoms with Crippen LogP contribution in [0.2, 0.25) is 0 Å². The number of nitrogens with two attached hydrogens (primary N) is 1. The van der Waals surface area contributed by atoms with Crippen LogP contribution < -0.4 is 10.5 Å². The van der Waals surface area contributed by atoms with E-state index in [4.69, 9.17) is 10.5 Å². The van der Waals surface area contributed by atoms with Gasteiger partial charge in [0, 0.05) is 6.54 Å². The average molecular weight is 291 g/mol. The number of ether oxygens (including phenoxy) is 1. The SMILES string of the molecule is COc1cccc([C@@H](CN)S(=O)(=O)c2ccccc2)c1. The van der Waals surface area contributed by atoms with Crippen LogP contribution in [0, 0.1) is 0 Å². The Labute approximate surface area is 119 Å². The molecule has 0 aliphatic heterocycles. The molecule has 2 N–H and O–H groups in total. The maximum atomic E-state index is 12.6. The van der Waals surface area contributed by atoms with Gasteiger partial charge in [0.2, 0.25) is 0 Å². The van der Waals surface area contributed by atoms with Crippen molar-refractivity contribution in [3.05, 3.63) is 60.2 Å². The van der Waals surface area contributed by atoms with E-state index >= 15 is 0 Å². The third-order valence-corrected chi connectivity index (χ3v) is 5.27. The Balaban J connectivity index is 2.46. The molecule has 1 atom stereocenters. The van der Waals surface area contributed by atoms with Crippen LogP contribution in [0.5, 0.6) is 5.75 Å². The maximum Gasteiger partial charge on any atom is 0.186 e. The molecule has 0 radical (unpaired) electrons. The minimum atomic E-state index is -3.51. The number of hydrogen-bond donors (Lipinski definition) is 1. The van der Waals surface area contributed by atoms with Gasteiger partial charge in [-0.05, 0) is 29.8 Å². The first-order chi connectivity index (χ1) is 9.59. The van der Waals surface area contributed by atoms with Crippen LogP contribution in [0.4, 0.5) is 0 Å². The molecule has 0 bridgehead atoms. The first kappa shape index (κ1) is 14.6. The maximum absolute atomic E-state index is 12.6. The summed E-state index contributed by atoms with van der Waals surface area (Å²) in [6.45, 7) is 0.0182. The predicted octanol–water partition coefficient (Wildman–Crippen LogP) is 2.17. The molecule has 0 unspecified atom stereocenters. The van der Waals surface area contributed by atoms with E-state index in [-0.39, 0.29) is 11.4 Å². The summed E-state index contributed by atoms with van der Waals surface area (Å²) in [5.41, 5.74) is 6.33. The highest BCUT2D eigenvalue weighted by atomic mass is 32.2. The second kappa shape index (κ2) is 6.07. The molecule has 0 saturated carbocycles. The number of methoxy groups -OCH3 is 1. The summed E-state index contributed by atoms with van der Waals surface area (Å²) in [4.78, 5) is 0.276. The molecule has 0 fully saturated rings. The Bertz CT molecular complexity index is 669. The molecule has 2 rings (SSSR count). The second-order valence-corrected chi connectivity index (χ2v) is 6.49. The molecule has 2 aromatic carbocycles. The Morgan fingerprint density at radius 1 is 1.10 bits per heavy atom. The monoisotopic (exact) mass is 291 g/mol. The van der Waals surface area contributed by atoms with Crippen LogP contribution in [-0.4, -0.2) is 22.1 Å². The molecule has 5 heteroatoms. The predicted molar refractivity (Wildman–Crippen MR) is 78.4 cm³/mol. The van der Waals surface area contributed by atoms with Crippen LogP contribution >= 0.6 is 0 Å². The highest BCUT2D eigenvalue weighted by Crippen LogP contribution is 2.29. The van der Waals surface area contributed by atoms with Crippen LogP contribution in [-0.2, 0) is 9.84 Å². The molecule has 0 heterocycles. The van der Waals surface area contributed by atoms with E-state index < -0.39 is 15.1 Å². The Hall–Kier alpha value is -1.85. The van der Waals surface area contributed by atoms with Gasteiger partial charge in [0.25, 0.3) is 0 Å². The summed E-state index contributed by atoms with van der Waals surface area (Å²) in [7, 11) is -1.97. The summed E-state index contributed by atoms with van der Waals surface area (Å²) in [5.74, 6) is 0.615. The minimum Gasteiger partial charge on any atom is -0.497 e. The van der Waals surface area contributed by atoms with E-state index in [1.807, 2.05) is 0 Å². The Morgan fingerprint density at radius 3 is 2.40 bits per heavy atom. The molecule has 106 valence electrons. The molecule has 0 spiro atoms. The summed E-state index contributed by atoms with van der Waals surface area (Å²) in [6, 6.07) is 15.3. The normalized spacial score (nSPS) is 12.9. The van der Waals surface area contributed by atoms with Crippen molar-refractivity contribution in [1.82, 2.24) is 0 Å². The summed E-state index contributed by atoms with van der Waals surface area (Å²) < 4.78 is 30.4. The minimum absolute atomic E-state index is 0.0182. The lowest BCUT2D eigenvalue weighted by molar-refractivity contribution is 0.414. The topological polar surface area (TPSA) is 69.4 Å². The third-order valence-electron chi connectivity index (χ3n) is 3.13. The number of hydrogen-bond acceptors (Lipinski definition) is 4. The molecular weight excluding hydrogens is 274 g/mol. The molecule has 0 amide bonds. The smallest absolute Gasteiger partial charge is 0.186 e. The van der Waals surface area contributed by atoms with Crippen molar-refractivity contribution in [3.8, 4) is 5.75 Å². The van der Waals surface area contributed by atoms with Gasteiger partial charge >= 0.3 is 0 Å². The number of rotatable bonds is 5. The lowest BCUT2D eigenvalue weighted by atomic mass is 10.1. The summed E-state index contributed by atoms with van der Waals surface area (Å²) in [5, 5.41) is -0.778. The van der Waals surface area contributed by atoms with Crippen molar-refractivity contribution in [1.29, 1.82) is 0 Å². The fraction of sp³-hybridized carbons (Fsp3) is 0.200. The van der Waals surface area contributed by atoms with Gasteiger partial charge in [-0.1, -0.05) is 30.3 Å². The van der Waals surface area contributed by atoms with Gasteiger partial charge in [-0.25, -0.2) is 8.42 Å². The van der Waals surface area contributed by atoms with Crippen molar-refractivity contribution in [2.45, 2.75) is 10.1 Å². The highest BCUT2D eigenvalue weighted by Gasteiger charge is 2.27. The zero-order valence-corrected chi connectivity index (χ0v) is 12.0. The van der Waals surface area contributed by atoms with Crippen molar-refractivity contribution in [2.75, 3.05) is 13.7 Å². The van der Waals surface area contributed by atoms with Crippen LogP contribution in [0.25, 0.3) is 0 Å². The van der Waals surface area contributed by atoms with Crippen molar-refractivity contribution in [2.24, 2.45) is 5.73 Å². The molecule has 0 aliphatic rings. The van der Waals surface area contributed by atoms with Gasteiger partial charge in [0.1, 0.15) is 11.0 Å². The zero-order chi connectivity index (χ0) is 14.6. The van der Waals surface area contributed by atoms with Crippen molar-refractivity contribution >= 4 is 9.84 Å². The van der Waals surface area contributed by atoms with Crippen molar-refractivity contribution in [3.63, 3.8) is 0 Å². The van der Waals surface area contributed by atoms with E-state index in [1.54, 1.807) is 61.7 Å². The molecule has 0 aliphatic carbocycles. The van der Waals surface area contributed by atoms with Gasteiger partial charge in [-0.3, -0.25) is 0 Å². The van der Waals surface area contributed by atoms with E-state index in [0.29, 0.717) is 11.3 Å². The van der Waals surface area contributed by atoms with Gasteiger partial charge in [-0.2, -0.15) is 0 Å². The summed E-state index contributed by atoms with van der Waals surface area (Å²) >= 11 is 0. The largest absolute Gasteiger partial charge is 0.497 e. The average Bonchev–Trinajstić information content (AvgIpc) is 2.49. The zero-order valence-electron chi connectivity index (χ0n) is 11.2. The van der Waals surface area contributed by atoms with Gasteiger partial charge < -0.3 is 10.5 Å². The Morgan fingerprint density at radius 2 is 1.80 bits per heavy atom. The summed E-state index contributed by atoms with van der Waals surface area (Å²) in [6.07, 6.45) is 0. The van der Waals surface area contributed by atoms with Gasteiger partial charge in [-0.15, -0.1) is 0 Å². The molecule has 2 aromatic rings. The fourth-order valence-corrected chi connectivity index (χ4v) is 3.68. The molecule has 4 nitrogen and oxygen atoms in total. The van der Waals surface area contributed by atoms with E-state index in [2.05, 4.69) is 0 Å². The molecule has 20 heavy (non-hydrogen) atoms. The standard InChI is InChI=1S/C15H17NO3S/c1-19-13-7-5-6-12(10-13)15(11-16)20(17,18)14-8-3-2-4-9-14/h2-10,15H,11,16H2,1H3/t15-/m1/s1. The molecule has 0 aromatic heterocycles. The molecular formula is C15H17NO3S. The number of sulfone groups is 1. The first-order valence-electron chi connectivity index (χ1n) is 6.22. The Kier molecular flexibility index (Phi) is 4.42. The van der Waals surface area contributed by atoms with Crippen LogP contribution in [0.15, 0.2) is 59.5 Å². The molecule has 0 saturated heterocycles.